The van der Waals surface area contributed by atoms with Gasteiger partial charge in [0.15, 0.2) is 0 Å². The molecule has 0 nitrogen and oxygen atoms in total. The molecule has 0 heterocycles. The van der Waals surface area contributed by atoms with E-state index in [-0.39, 0.29) is 4.83 Å². The van der Waals surface area contributed by atoms with Crippen molar-refractivity contribution in [1.29, 1.82) is 0 Å². The van der Waals surface area contributed by atoms with E-state index in [4.69, 9.17) is 11.6 Å². The Morgan fingerprint density at radius 2 is 1.94 bits per heavy atom. The second-order valence-corrected chi connectivity index (χ2v) is 7.59. The first-order chi connectivity index (χ1) is 8.56. The number of rotatable bonds is 3. The van der Waals surface area contributed by atoms with Crippen LogP contribution in [0.1, 0.15) is 16.0 Å². The van der Waals surface area contributed by atoms with Gasteiger partial charge in [-0.25, -0.2) is 0 Å². The first-order valence-corrected chi connectivity index (χ1v) is 8.56. The molecular weight excluding hydrogens is 490 g/mol. The molecule has 0 bridgehead atoms. The van der Waals surface area contributed by atoms with Gasteiger partial charge in [-0.05, 0) is 70.5 Å². The van der Waals surface area contributed by atoms with Crippen LogP contribution >= 0.6 is 66.1 Å². The topological polar surface area (TPSA) is 0 Å². The maximum atomic E-state index is 6.06. The Hall–Kier alpha value is 0.420. The molecule has 0 saturated heterocycles. The van der Waals surface area contributed by atoms with Gasteiger partial charge in [0.2, 0.25) is 0 Å². The molecule has 0 fully saturated rings. The molecule has 0 aliphatic heterocycles. The highest BCUT2D eigenvalue weighted by Crippen LogP contribution is 2.32. The highest BCUT2D eigenvalue weighted by molar-refractivity contribution is 14.1. The van der Waals surface area contributed by atoms with Gasteiger partial charge in [0.05, 0.1) is 0 Å². The van der Waals surface area contributed by atoms with Gasteiger partial charge in [-0.1, -0.05) is 55.6 Å². The molecule has 94 valence electrons. The van der Waals surface area contributed by atoms with E-state index in [9.17, 15) is 0 Å². The number of alkyl halides is 1. The van der Waals surface area contributed by atoms with Gasteiger partial charge in [0, 0.05) is 17.9 Å². The van der Waals surface area contributed by atoms with E-state index < -0.39 is 0 Å². The van der Waals surface area contributed by atoms with Crippen LogP contribution in [0.15, 0.2) is 46.9 Å². The van der Waals surface area contributed by atoms with E-state index in [1.54, 1.807) is 0 Å². The summed E-state index contributed by atoms with van der Waals surface area (Å²) in [6.45, 7) is 0. The molecule has 0 amide bonds. The SMILES string of the molecule is Clc1ccc(I)c(C(Br)Cc2cccc(Br)c2)c1. The minimum absolute atomic E-state index is 0.275. The lowest BCUT2D eigenvalue weighted by Gasteiger charge is -2.13. The van der Waals surface area contributed by atoms with Crippen LogP contribution in [0.4, 0.5) is 0 Å². The van der Waals surface area contributed by atoms with Gasteiger partial charge in [0.25, 0.3) is 0 Å². The summed E-state index contributed by atoms with van der Waals surface area (Å²) in [7, 11) is 0. The van der Waals surface area contributed by atoms with Crippen LogP contribution in [0, 0.1) is 3.57 Å². The predicted octanol–water partition coefficient (Wildman–Crippen LogP) is 6.39. The average molecular weight is 500 g/mol. The monoisotopic (exact) mass is 498 g/mol. The summed E-state index contributed by atoms with van der Waals surface area (Å²) in [5, 5.41) is 0.782. The fourth-order valence-corrected chi connectivity index (χ4v) is 4.25. The standard InChI is InChI=1S/C14H10Br2ClI/c15-10-3-1-2-9(6-10)7-13(16)12-8-11(17)4-5-14(12)18/h1-6,8,13H,7H2. The van der Waals surface area contributed by atoms with Crippen molar-refractivity contribution in [3.63, 3.8) is 0 Å². The van der Waals surface area contributed by atoms with Crippen molar-refractivity contribution in [3.8, 4) is 0 Å². The second kappa shape index (κ2) is 6.73. The Morgan fingerprint density at radius 1 is 1.17 bits per heavy atom. The quantitative estimate of drug-likeness (QED) is 0.339. The molecule has 4 heteroatoms. The lowest BCUT2D eigenvalue weighted by atomic mass is 10.0. The van der Waals surface area contributed by atoms with Crippen LogP contribution in [0.25, 0.3) is 0 Å². The third kappa shape index (κ3) is 3.95. The molecule has 0 spiro atoms. The van der Waals surface area contributed by atoms with Gasteiger partial charge < -0.3 is 0 Å². The van der Waals surface area contributed by atoms with Crippen molar-refractivity contribution in [2.75, 3.05) is 0 Å². The number of hydrogen-bond acceptors (Lipinski definition) is 0. The summed E-state index contributed by atoms with van der Waals surface area (Å²) in [6, 6.07) is 14.4. The van der Waals surface area contributed by atoms with E-state index in [2.05, 4.69) is 72.6 Å². The second-order valence-electron chi connectivity index (χ2n) is 3.97. The minimum atomic E-state index is 0.275. The van der Waals surface area contributed by atoms with Gasteiger partial charge >= 0.3 is 0 Å². The van der Waals surface area contributed by atoms with E-state index in [1.165, 1.54) is 14.7 Å². The molecule has 2 rings (SSSR count). The van der Waals surface area contributed by atoms with Crippen molar-refractivity contribution >= 4 is 66.1 Å². The Labute approximate surface area is 143 Å². The van der Waals surface area contributed by atoms with E-state index in [0.717, 1.165) is 15.9 Å². The zero-order chi connectivity index (χ0) is 13.1. The van der Waals surface area contributed by atoms with Crippen LogP contribution in [-0.4, -0.2) is 0 Å². The Bertz CT molecular complexity index is 557. The molecule has 2 aromatic rings. The molecule has 1 unspecified atom stereocenters. The number of halogens is 4. The smallest absolute Gasteiger partial charge is 0.0446 e. The zero-order valence-electron chi connectivity index (χ0n) is 9.34. The largest absolute Gasteiger partial charge is 0.0843 e. The lowest BCUT2D eigenvalue weighted by Crippen LogP contribution is -1.98. The molecule has 0 aliphatic rings. The van der Waals surface area contributed by atoms with Gasteiger partial charge in [-0.2, -0.15) is 0 Å². The van der Waals surface area contributed by atoms with Crippen molar-refractivity contribution in [1.82, 2.24) is 0 Å². The lowest BCUT2D eigenvalue weighted by molar-refractivity contribution is 0.942. The van der Waals surface area contributed by atoms with Crippen molar-refractivity contribution in [2.45, 2.75) is 11.2 Å². The molecule has 2 aromatic carbocycles. The highest BCUT2D eigenvalue weighted by atomic mass is 127. The molecule has 0 N–H and O–H groups in total. The molecule has 0 saturated carbocycles. The molecular formula is C14H10Br2ClI. The summed E-state index contributed by atoms with van der Waals surface area (Å²) in [4.78, 5) is 0.275. The molecule has 0 aliphatic carbocycles. The fraction of sp³-hybridized carbons (Fsp3) is 0.143. The van der Waals surface area contributed by atoms with Crippen LogP contribution in [0.3, 0.4) is 0 Å². The summed E-state index contributed by atoms with van der Waals surface area (Å²) in [6.07, 6.45) is 0.940. The summed E-state index contributed by atoms with van der Waals surface area (Å²) < 4.78 is 2.34. The minimum Gasteiger partial charge on any atom is -0.0843 e. The highest BCUT2D eigenvalue weighted by Gasteiger charge is 2.12. The molecule has 0 radical (unpaired) electrons. The van der Waals surface area contributed by atoms with Crippen LogP contribution in [0.5, 0.6) is 0 Å². The Kier molecular flexibility index (Phi) is 5.54. The van der Waals surface area contributed by atoms with Crippen LogP contribution in [0.2, 0.25) is 5.02 Å². The van der Waals surface area contributed by atoms with Crippen LogP contribution in [-0.2, 0) is 6.42 Å². The van der Waals surface area contributed by atoms with Gasteiger partial charge in [-0.3, -0.25) is 0 Å². The van der Waals surface area contributed by atoms with E-state index in [1.807, 2.05) is 24.3 Å². The van der Waals surface area contributed by atoms with Crippen molar-refractivity contribution in [2.24, 2.45) is 0 Å². The molecule has 0 aromatic heterocycles. The van der Waals surface area contributed by atoms with Gasteiger partial charge in [0.1, 0.15) is 0 Å². The Balaban J connectivity index is 2.21. The number of benzene rings is 2. The van der Waals surface area contributed by atoms with Crippen LogP contribution < -0.4 is 0 Å². The zero-order valence-corrected chi connectivity index (χ0v) is 15.4. The summed E-state index contributed by atoms with van der Waals surface area (Å²) >= 11 is 15.7. The first kappa shape index (κ1) is 14.8. The number of hydrogen-bond donors (Lipinski definition) is 0. The van der Waals surface area contributed by atoms with Gasteiger partial charge in [-0.15, -0.1) is 0 Å². The first-order valence-electron chi connectivity index (χ1n) is 5.40. The maximum Gasteiger partial charge on any atom is 0.0446 e. The van der Waals surface area contributed by atoms with Crippen molar-refractivity contribution in [3.05, 3.63) is 66.7 Å². The normalized spacial score (nSPS) is 12.4. The fourth-order valence-electron chi connectivity index (χ4n) is 1.74. The third-order valence-corrected chi connectivity index (χ3v) is 5.13. The summed E-state index contributed by atoms with van der Waals surface area (Å²) in [5.41, 5.74) is 2.53. The maximum absolute atomic E-state index is 6.06. The van der Waals surface area contributed by atoms with Crippen molar-refractivity contribution < 1.29 is 0 Å². The molecule has 18 heavy (non-hydrogen) atoms. The van der Waals surface area contributed by atoms with E-state index in [0.29, 0.717) is 0 Å². The molecule has 1 atom stereocenters. The summed E-state index contributed by atoms with van der Waals surface area (Å²) in [5.74, 6) is 0. The predicted molar refractivity (Wildman–Crippen MR) is 93.7 cm³/mol. The third-order valence-electron chi connectivity index (χ3n) is 2.60. The Morgan fingerprint density at radius 3 is 2.67 bits per heavy atom. The van der Waals surface area contributed by atoms with E-state index >= 15 is 0 Å². The average Bonchev–Trinajstić information content (AvgIpc) is 2.32.